The Morgan fingerprint density at radius 1 is 1.22 bits per heavy atom. The largest absolute Gasteiger partial charge is 0.494 e. The summed E-state index contributed by atoms with van der Waals surface area (Å²) in [6.07, 6.45) is 7.90. The highest BCUT2D eigenvalue weighted by Crippen LogP contribution is 2.33. The molecule has 2 fully saturated rings. The van der Waals surface area contributed by atoms with E-state index in [0.29, 0.717) is 30.9 Å². The monoisotopic (exact) mass is 394 g/mol. The van der Waals surface area contributed by atoms with E-state index in [2.05, 4.69) is 5.32 Å². The Hall–Kier alpha value is -1.60. The molecule has 1 saturated carbocycles. The molecule has 1 heterocycles. The average molecular weight is 395 g/mol. The van der Waals surface area contributed by atoms with Gasteiger partial charge in [-0.3, -0.25) is 4.79 Å². The van der Waals surface area contributed by atoms with Crippen LogP contribution in [-0.2, 0) is 14.6 Å². The van der Waals surface area contributed by atoms with Gasteiger partial charge in [0.15, 0.2) is 9.84 Å². The van der Waals surface area contributed by atoms with Crippen LogP contribution in [0.3, 0.4) is 0 Å². The molecule has 1 aliphatic carbocycles. The van der Waals surface area contributed by atoms with Crippen LogP contribution in [0.1, 0.15) is 38.5 Å². The number of sulfone groups is 1. The number of nitrogens with one attached hydrogen (secondary N) is 1. The third-order valence-corrected chi connectivity index (χ3v) is 6.82. The molecule has 3 unspecified atom stereocenters. The summed E-state index contributed by atoms with van der Waals surface area (Å²) in [5, 5.41) is 3.54. The van der Waals surface area contributed by atoms with E-state index in [-0.39, 0.29) is 16.8 Å². The molecule has 7 heteroatoms. The Bertz CT molecular complexity index is 734. The third kappa shape index (κ3) is 5.23. The van der Waals surface area contributed by atoms with Crippen molar-refractivity contribution in [1.82, 2.24) is 10.2 Å². The van der Waals surface area contributed by atoms with Crippen molar-refractivity contribution >= 4 is 15.7 Å². The highest BCUT2D eigenvalue weighted by atomic mass is 32.2. The van der Waals surface area contributed by atoms with Gasteiger partial charge in [0.25, 0.3) is 0 Å². The second-order valence-electron chi connectivity index (χ2n) is 7.81. The van der Waals surface area contributed by atoms with Gasteiger partial charge in [0.05, 0.1) is 17.5 Å². The molecule has 1 N–H and O–H groups in total. The second-order valence-corrected chi connectivity index (χ2v) is 9.83. The predicted molar refractivity (Wildman–Crippen MR) is 105 cm³/mol. The number of rotatable bonds is 7. The standard InChI is InChI=1S/C20H30N2O4S/c1-22(20(23)19-14-15-6-3-4-7-18(15)21-19)12-5-13-26-16-8-10-17(11-9-16)27(2,24)25/h8-11,15,18-19,21H,3-7,12-14H2,1-2H3. The topological polar surface area (TPSA) is 75.7 Å². The van der Waals surface area contributed by atoms with Gasteiger partial charge in [0, 0.05) is 25.9 Å². The molecule has 0 spiro atoms. The molecule has 1 amide bonds. The lowest BCUT2D eigenvalue weighted by Crippen LogP contribution is -2.44. The molecule has 1 saturated heterocycles. The lowest BCUT2D eigenvalue weighted by molar-refractivity contribution is -0.132. The first kappa shape index (κ1) is 20.1. The van der Waals surface area contributed by atoms with Crippen LogP contribution in [-0.4, -0.2) is 57.8 Å². The van der Waals surface area contributed by atoms with Crippen LogP contribution in [0.15, 0.2) is 29.2 Å². The zero-order chi connectivity index (χ0) is 19.4. The molecule has 0 radical (unpaired) electrons. The first-order chi connectivity index (χ1) is 12.8. The Morgan fingerprint density at radius 2 is 1.93 bits per heavy atom. The molecule has 0 bridgehead atoms. The number of amides is 1. The van der Waals surface area contributed by atoms with Crippen LogP contribution >= 0.6 is 0 Å². The number of likely N-dealkylation sites (N-methyl/N-ethyl adjacent to an activating group) is 1. The Balaban J connectivity index is 1.39. The number of hydrogen-bond donors (Lipinski definition) is 1. The van der Waals surface area contributed by atoms with E-state index in [1.807, 2.05) is 7.05 Å². The fourth-order valence-electron chi connectivity index (χ4n) is 4.16. The number of carbonyl (C=O) groups excluding carboxylic acids is 1. The molecule has 150 valence electrons. The predicted octanol–water partition coefficient (Wildman–Crippen LogP) is 2.24. The van der Waals surface area contributed by atoms with Crippen LogP contribution in [0.25, 0.3) is 0 Å². The van der Waals surface area contributed by atoms with Gasteiger partial charge in [-0.05, 0) is 55.9 Å². The zero-order valence-corrected chi connectivity index (χ0v) is 17.0. The Kier molecular flexibility index (Phi) is 6.42. The molecule has 0 aromatic heterocycles. The maximum atomic E-state index is 12.7. The molecule has 3 rings (SSSR count). The summed E-state index contributed by atoms with van der Waals surface area (Å²) in [5.41, 5.74) is 0. The molecular formula is C20H30N2O4S. The van der Waals surface area contributed by atoms with Crippen LogP contribution in [0.5, 0.6) is 5.75 Å². The summed E-state index contributed by atoms with van der Waals surface area (Å²) in [5.74, 6) is 1.49. The highest BCUT2D eigenvalue weighted by molar-refractivity contribution is 7.90. The van der Waals surface area contributed by atoms with Crippen molar-refractivity contribution in [3.05, 3.63) is 24.3 Å². The average Bonchev–Trinajstić information content (AvgIpc) is 3.08. The van der Waals surface area contributed by atoms with Gasteiger partial charge < -0.3 is 15.0 Å². The van der Waals surface area contributed by atoms with Gasteiger partial charge in [-0.2, -0.15) is 0 Å². The normalized spacial score (nSPS) is 25.0. The van der Waals surface area contributed by atoms with Gasteiger partial charge in [-0.25, -0.2) is 8.42 Å². The maximum absolute atomic E-state index is 12.7. The SMILES string of the molecule is CN(CCCOc1ccc(S(C)(=O)=O)cc1)C(=O)C1CC2CCCCC2N1. The first-order valence-corrected chi connectivity index (χ1v) is 11.7. The summed E-state index contributed by atoms with van der Waals surface area (Å²) in [7, 11) is -1.33. The van der Waals surface area contributed by atoms with Crippen molar-refractivity contribution in [2.45, 2.75) is 55.5 Å². The maximum Gasteiger partial charge on any atom is 0.239 e. The minimum Gasteiger partial charge on any atom is -0.494 e. The summed E-state index contributed by atoms with van der Waals surface area (Å²) < 4.78 is 28.6. The summed E-state index contributed by atoms with van der Waals surface area (Å²) in [6.45, 7) is 1.13. The zero-order valence-electron chi connectivity index (χ0n) is 16.2. The van der Waals surface area contributed by atoms with Crippen LogP contribution in [0.4, 0.5) is 0 Å². The number of hydrogen-bond acceptors (Lipinski definition) is 5. The number of carbonyl (C=O) groups is 1. The molecule has 3 atom stereocenters. The molecule has 27 heavy (non-hydrogen) atoms. The summed E-state index contributed by atoms with van der Waals surface area (Å²) in [6, 6.07) is 6.91. The Morgan fingerprint density at radius 3 is 2.59 bits per heavy atom. The lowest BCUT2D eigenvalue weighted by Gasteiger charge is -2.24. The number of benzene rings is 1. The summed E-state index contributed by atoms with van der Waals surface area (Å²) >= 11 is 0. The smallest absolute Gasteiger partial charge is 0.239 e. The molecular weight excluding hydrogens is 364 g/mol. The third-order valence-electron chi connectivity index (χ3n) is 5.70. The van der Waals surface area contributed by atoms with Crippen molar-refractivity contribution in [3.63, 3.8) is 0 Å². The van der Waals surface area contributed by atoms with E-state index >= 15 is 0 Å². The fraction of sp³-hybridized carbons (Fsp3) is 0.650. The lowest BCUT2D eigenvalue weighted by atomic mass is 9.85. The Labute approximate surface area is 162 Å². The molecule has 6 nitrogen and oxygen atoms in total. The van der Waals surface area contributed by atoms with Gasteiger partial charge in [-0.1, -0.05) is 12.8 Å². The minimum atomic E-state index is -3.19. The van der Waals surface area contributed by atoms with Gasteiger partial charge in [0.1, 0.15) is 5.75 Å². The van der Waals surface area contributed by atoms with E-state index in [9.17, 15) is 13.2 Å². The van der Waals surface area contributed by atoms with E-state index in [0.717, 1.165) is 12.8 Å². The van der Waals surface area contributed by atoms with Crippen LogP contribution < -0.4 is 10.1 Å². The van der Waals surface area contributed by atoms with Gasteiger partial charge >= 0.3 is 0 Å². The van der Waals surface area contributed by atoms with E-state index in [4.69, 9.17) is 4.74 Å². The quantitative estimate of drug-likeness (QED) is 0.718. The number of fused-ring (bicyclic) bond motifs is 1. The van der Waals surface area contributed by atoms with E-state index in [1.54, 1.807) is 29.2 Å². The van der Waals surface area contributed by atoms with Gasteiger partial charge in [0.2, 0.25) is 5.91 Å². The van der Waals surface area contributed by atoms with Crippen molar-refractivity contribution in [1.29, 1.82) is 0 Å². The number of nitrogens with zero attached hydrogens (tertiary/aromatic N) is 1. The molecule has 1 aromatic carbocycles. The van der Waals surface area contributed by atoms with Crippen LogP contribution in [0, 0.1) is 5.92 Å². The van der Waals surface area contributed by atoms with Crippen molar-refractivity contribution < 1.29 is 17.9 Å². The van der Waals surface area contributed by atoms with Crippen molar-refractivity contribution in [3.8, 4) is 5.75 Å². The van der Waals surface area contributed by atoms with E-state index in [1.165, 1.54) is 31.9 Å². The fourth-order valence-corrected chi connectivity index (χ4v) is 4.79. The van der Waals surface area contributed by atoms with Crippen molar-refractivity contribution in [2.24, 2.45) is 5.92 Å². The number of ether oxygens (including phenoxy) is 1. The second kappa shape index (κ2) is 8.61. The molecule has 1 aromatic rings. The summed E-state index contributed by atoms with van der Waals surface area (Å²) in [4.78, 5) is 14.7. The minimum absolute atomic E-state index is 0.0347. The molecule has 1 aliphatic heterocycles. The molecule has 2 aliphatic rings. The van der Waals surface area contributed by atoms with Crippen LogP contribution in [0.2, 0.25) is 0 Å². The highest BCUT2D eigenvalue weighted by Gasteiger charge is 2.38. The first-order valence-electron chi connectivity index (χ1n) is 9.78. The van der Waals surface area contributed by atoms with Crippen molar-refractivity contribution in [2.75, 3.05) is 26.5 Å². The van der Waals surface area contributed by atoms with E-state index < -0.39 is 9.84 Å². The van der Waals surface area contributed by atoms with Gasteiger partial charge in [-0.15, -0.1) is 0 Å².